The third kappa shape index (κ3) is 4.82. The average molecular weight is 323 g/mol. The van der Waals surface area contributed by atoms with Crippen molar-refractivity contribution in [1.82, 2.24) is 10.2 Å². The summed E-state index contributed by atoms with van der Waals surface area (Å²) in [6.07, 6.45) is 3.10. The van der Waals surface area contributed by atoms with E-state index in [0.717, 1.165) is 19.6 Å². The smallest absolute Gasteiger partial charge is 0.223 e. The minimum atomic E-state index is 0.259. The minimum Gasteiger partial charge on any atom is -0.335 e. The predicted octanol–water partition coefficient (Wildman–Crippen LogP) is 3.82. The lowest BCUT2D eigenvalue weighted by Crippen LogP contribution is -2.38. The summed E-state index contributed by atoms with van der Waals surface area (Å²) in [5.74, 6) is 1.50. The summed E-state index contributed by atoms with van der Waals surface area (Å²) >= 11 is 1.80. The highest BCUT2D eigenvalue weighted by Crippen LogP contribution is 2.26. The van der Waals surface area contributed by atoms with Crippen LogP contribution in [0.3, 0.4) is 0 Å². The summed E-state index contributed by atoms with van der Waals surface area (Å²) in [5, 5.41) is 3.40. The van der Waals surface area contributed by atoms with Crippen molar-refractivity contribution in [3.05, 3.63) is 21.9 Å². The maximum absolute atomic E-state index is 12.8. The SMILES string of the molecule is Cc1ccc(CN(C(=O)CC(C)C2CCNCC2)C(C)C)s1. The molecule has 1 aliphatic heterocycles. The molecular weight excluding hydrogens is 292 g/mol. The van der Waals surface area contributed by atoms with Crippen LogP contribution in [0.15, 0.2) is 12.1 Å². The molecule has 22 heavy (non-hydrogen) atoms. The van der Waals surface area contributed by atoms with Gasteiger partial charge in [0, 0.05) is 22.2 Å². The lowest BCUT2D eigenvalue weighted by molar-refractivity contribution is -0.134. The van der Waals surface area contributed by atoms with Crippen molar-refractivity contribution >= 4 is 17.2 Å². The van der Waals surface area contributed by atoms with Gasteiger partial charge in [-0.3, -0.25) is 4.79 Å². The van der Waals surface area contributed by atoms with Crippen molar-refractivity contribution in [3.8, 4) is 0 Å². The van der Waals surface area contributed by atoms with Crippen LogP contribution >= 0.6 is 11.3 Å². The van der Waals surface area contributed by atoms with Gasteiger partial charge in [0.2, 0.25) is 5.91 Å². The first-order valence-corrected chi connectivity index (χ1v) is 9.34. The maximum atomic E-state index is 12.8. The number of thiophene rings is 1. The van der Waals surface area contributed by atoms with Crippen molar-refractivity contribution in [1.29, 1.82) is 0 Å². The van der Waals surface area contributed by atoms with Crippen LogP contribution in [0, 0.1) is 18.8 Å². The number of amides is 1. The van der Waals surface area contributed by atoms with Crippen LogP contribution in [0.5, 0.6) is 0 Å². The molecule has 1 unspecified atom stereocenters. The molecule has 0 aromatic carbocycles. The van der Waals surface area contributed by atoms with E-state index in [4.69, 9.17) is 0 Å². The maximum Gasteiger partial charge on any atom is 0.223 e. The van der Waals surface area contributed by atoms with E-state index >= 15 is 0 Å². The minimum absolute atomic E-state index is 0.259. The Labute approximate surface area is 139 Å². The van der Waals surface area contributed by atoms with E-state index < -0.39 is 0 Å². The van der Waals surface area contributed by atoms with Gasteiger partial charge < -0.3 is 10.2 Å². The number of hydrogen-bond donors (Lipinski definition) is 1. The predicted molar refractivity (Wildman–Crippen MR) is 94.1 cm³/mol. The van der Waals surface area contributed by atoms with E-state index in [0.29, 0.717) is 24.2 Å². The van der Waals surface area contributed by atoms with Gasteiger partial charge in [0.05, 0.1) is 6.54 Å². The molecule has 0 radical (unpaired) electrons. The largest absolute Gasteiger partial charge is 0.335 e. The Morgan fingerprint density at radius 3 is 2.55 bits per heavy atom. The number of aryl methyl sites for hydroxylation is 1. The van der Waals surface area contributed by atoms with Crippen LogP contribution in [0.4, 0.5) is 0 Å². The quantitative estimate of drug-likeness (QED) is 0.863. The zero-order valence-corrected chi connectivity index (χ0v) is 15.2. The summed E-state index contributed by atoms with van der Waals surface area (Å²) in [6, 6.07) is 4.55. The summed E-state index contributed by atoms with van der Waals surface area (Å²) in [6.45, 7) is 11.6. The van der Waals surface area contributed by atoms with Gasteiger partial charge in [0.1, 0.15) is 0 Å². The topological polar surface area (TPSA) is 32.3 Å². The molecule has 1 fully saturated rings. The molecule has 1 aromatic heterocycles. The molecule has 2 heterocycles. The standard InChI is InChI=1S/C18H30N2OS/c1-13(2)20(12-17-6-5-15(4)22-17)18(21)11-14(3)16-7-9-19-10-8-16/h5-6,13-14,16,19H,7-12H2,1-4H3. The molecular formula is C18H30N2OS. The van der Waals surface area contributed by atoms with Crippen LogP contribution in [-0.2, 0) is 11.3 Å². The van der Waals surface area contributed by atoms with E-state index in [-0.39, 0.29) is 6.04 Å². The fourth-order valence-corrected chi connectivity index (χ4v) is 4.16. The molecule has 3 nitrogen and oxygen atoms in total. The summed E-state index contributed by atoms with van der Waals surface area (Å²) in [4.78, 5) is 17.4. The Kier molecular flexibility index (Phi) is 6.45. The zero-order valence-electron chi connectivity index (χ0n) is 14.4. The van der Waals surface area contributed by atoms with E-state index in [2.05, 4.69) is 45.1 Å². The van der Waals surface area contributed by atoms with E-state index in [1.54, 1.807) is 11.3 Å². The Hall–Kier alpha value is -0.870. The summed E-state index contributed by atoms with van der Waals surface area (Å²) in [5.41, 5.74) is 0. The van der Waals surface area contributed by atoms with Gasteiger partial charge >= 0.3 is 0 Å². The highest BCUT2D eigenvalue weighted by molar-refractivity contribution is 7.11. The number of rotatable bonds is 6. The number of nitrogens with zero attached hydrogens (tertiary/aromatic N) is 1. The first-order chi connectivity index (χ1) is 10.5. The molecule has 1 saturated heterocycles. The van der Waals surface area contributed by atoms with E-state index in [1.807, 2.05) is 4.90 Å². The van der Waals surface area contributed by atoms with Crippen LogP contribution in [0.1, 0.15) is 49.8 Å². The monoisotopic (exact) mass is 322 g/mol. The number of piperidine rings is 1. The highest BCUT2D eigenvalue weighted by atomic mass is 32.1. The molecule has 0 aliphatic carbocycles. The fourth-order valence-electron chi connectivity index (χ4n) is 3.27. The Morgan fingerprint density at radius 2 is 2.00 bits per heavy atom. The number of hydrogen-bond acceptors (Lipinski definition) is 3. The number of carbonyl (C=O) groups is 1. The van der Waals surface area contributed by atoms with Crippen LogP contribution in [-0.4, -0.2) is 29.9 Å². The van der Waals surface area contributed by atoms with Gasteiger partial charge in [0.25, 0.3) is 0 Å². The molecule has 2 rings (SSSR count). The molecule has 0 bridgehead atoms. The van der Waals surface area contributed by atoms with Crippen LogP contribution in [0.2, 0.25) is 0 Å². The fraction of sp³-hybridized carbons (Fsp3) is 0.722. The zero-order chi connectivity index (χ0) is 16.1. The summed E-state index contributed by atoms with van der Waals surface area (Å²) in [7, 11) is 0. The lowest BCUT2D eigenvalue weighted by atomic mass is 9.84. The molecule has 1 N–H and O–H groups in total. The molecule has 1 amide bonds. The number of nitrogens with one attached hydrogen (secondary N) is 1. The Balaban J connectivity index is 1.93. The van der Waals surface area contributed by atoms with Gasteiger partial charge in [-0.2, -0.15) is 0 Å². The highest BCUT2D eigenvalue weighted by Gasteiger charge is 2.25. The van der Waals surface area contributed by atoms with Gasteiger partial charge in [0.15, 0.2) is 0 Å². The van der Waals surface area contributed by atoms with Crippen molar-refractivity contribution in [2.75, 3.05) is 13.1 Å². The molecule has 124 valence electrons. The van der Waals surface area contributed by atoms with Gasteiger partial charge in [-0.25, -0.2) is 0 Å². The van der Waals surface area contributed by atoms with Gasteiger partial charge in [-0.15, -0.1) is 11.3 Å². The van der Waals surface area contributed by atoms with E-state index in [1.165, 1.54) is 22.6 Å². The second-order valence-corrected chi connectivity index (χ2v) is 8.27. The van der Waals surface area contributed by atoms with Gasteiger partial charge in [-0.05, 0) is 70.7 Å². The average Bonchev–Trinajstić information content (AvgIpc) is 2.90. The molecule has 0 spiro atoms. The van der Waals surface area contributed by atoms with Crippen molar-refractivity contribution in [2.45, 2.75) is 59.5 Å². The molecule has 1 aromatic rings. The van der Waals surface area contributed by atoms with Crippen LogP contribution < -0.4 is 5.32 Å². The normalized spacial score (nSPS) is 17.7. The molecule has 0 saturated carbocycles. The van der Waals surface area contributed by atoms with E-state index in [9.17, 15) is 4.79 Å². The molecule has 1 aliphatic rings. The summed E-state index contributed by atoms with van der Waals surface area (Å²) < 4.78 is 0. The van der Waals surface area contributed by atoms with Gasteiger partial charge in [-0.1, -0.05) is 6.92 Å². The molecule has 1 atom stereocenters. The van der Waals surface area contributed by atoms with Crippen molar-refractivity contribution in [3.63, 3.8) is 0 Å². The first-order valence-electron chi connectivity index (χ1n) is 8.53. The lowest BCUT2D eigenvalue weighted by Gasteiger charge is -2.31. The first kappa shape index (κ1) is 17.5. The molecule has 4 heteroatoms. The number of carbonyl (C=O) groups excluding carboxylic acids is 1. The van der Waals surface area contributed by atoms with Crippen LogP contribution in [0.25, 0.3) is 0 Å². The third-order valence-electron chi connectivity index (χ3n) is 4.75. The third-order valence-corrected chi connectivity index (χ3v) is 5.74. The Morgan fingerprint density at radius 1 is 1.32 bits per heavy atom. The van der Waals surface area contributed by atoms with Crippen molar-refractivity contribution < 1.29 is 4.79 Å². The second-order valence-electron chi connectivity index (χ2n) is 6.90. The second kappa shape index (κ2) is 8.11. The Bertz CT molecular complexity index is 477. The van der Waals surface area contributed by atoms with Crippen molar-refractivity contribution in [2.24, 2.45) is 11.8 Å².